The number of phenols is 1. The van der Waals surface area contributed by atoms with Crippen molar-refractivity contribution in [3.8, 4) is 5.75 Å². The molecule has 1 amide bonds. The summed E-state index contributed by atoms with van der Waals surface area (Å²) in [5.41, 5.74) is 0.276. The van der Waals surface area contributed by atoms with Crippen molar-refractivity contribution in [1.82, 2.24) is 0 Å². The molecule has 2 N–H and O–H groups in total. The Bertz CT molecular complexity index is 671. The van der Waals surface area contributed by atoms with E-state index in [1.165, 1.54) is 12.1 Å². The van der Waals surface area contributed by atoms with Crippen LogP contribution in [0.15, 0.2) is 46.9 Å². The Kier molecular flexibility index (Phi) is 3.99. The quantitative estimate of drug-likeness (QED) is 0.510. The van der Waals surface area contributed by atoms with Crippen molar-refractivity contribution in [2.24, 2.45) is 0 Å². The maximum absolute atomic E-state index is 11.9. The van der Waals surface area contributed by atoms with Gasteiger partial charge in [0, 0.05) is 16.1 Å². The number of non-ortho nitro benzene ring substituents is 1. The van der Waals surface area contributed by atoms with Gasteiger partial charge < -0.3 is 10.4 Å². The molecule has 0 unspecified atom stereocenters. The van der Waals surface area contributed by atoms with Crippen molar-refractivity contribution in [3.63, 3.8) is 0 Å². The molecule has 20 heavy (non-hydrogen) atoms. The summed E-state index contributed by atoms with van der Waals surface area (Å²) in [6.45, 7) is 0. The number of carbonyl (C=O) groups excluding carboxylic acids is 1. The predicted octanol–water partition coefficient (Wildman–Crippen LogP) is 3.32. The molecular weight excluding hydrogens is 328 g/mol. The van der Waals surface area contributed by atoms with Gasteiger partial charge in [0.2, 0.25) is 0 Å². The second kappa shape index (κ2) is 5.70. The molecule has 0 aliphatic rings. The molecule has 0 spiro atoms. The zero-order chi connectivity index (χ0) is 14.7. The first-order valence-corrected chi connectivity index (χ1v) is 6.31. The molecule has 2 aromatic rings. The van der Waals surface area contributed by atoms with Crippen LogP contribution in [0.2, 0.25) is 0 Å². The number of nitrogens with one attached hydrogen (secondary N) is 1. The van der Waals surface area contributed by atoms with E-state index in [2.05, 4.69) is 21.2 Å². The van der Waals surface area contributed by atoms with E-state index >= 15 is 0 Å². The molecule has 2 rings (SSSR count). The molecule has 0 heterocycles. The van der Waals surface area contributed by atoms with E-state index in [0.29, 0.717) is 5.56 Å². The van der Waals surface area contributed by atoms with Gasteiger partial charge in [-0.05, 0) is 30.3 Å². The number of carbonyl (C=O) groups is 1. The van der Waals surface area contributed by atoms with Gasteiger partial charge in [-0.1, -0.05) is 15.9 Å². The first-order chi connectivity index (χ1) is 9.47. The summed E-state index contributed by atoms with van der Waals surface area (Å²) in [5, 5.41) is 22.7. The molecule has 0 saturated heterocycles. The molecule has 0 aliphatic carbocycles. The minimum absolute atomic E-state index is 0.114. The van der Waals surface area contributed by atoms with Crippen molar-refractivity contribution in [3.05, 3.63) is 62.6 Å². The van der Waals surface area contributed by atoms with Crippen LogP contribution in [0, 0.1) is 10.1 Å². The molecule has 0 radical (unpaired) electrons. The van der Waals surface area contributed by atoms with Crippen LogP contribution in [0.1, 0.15) is 10.4 Å². The zero-order valence-electron chi connectivity index (χ0n) is 10.0. The molecule has 102 valence electrons. The van der Waals surface area contributed by atoms with Gasteiger partial charge in [-0.2, -0.15) is 0 Å². The lowest BCUT2D eigenvalue weighted by Gasteiger charge is -2.07. The van der Waals surface area contributed by atoms with Crippen LogP contribution in [0.5, 0.6) is 5.75 Å². The molecule has 0 atom stereocenters. The number of hydrogen-bond donors (Lipinski definition) is 2. The van der Waals surface area contributed by atoms with Gasteiger partial charge in [-0.25, -0.2) is 0 Å². The molecule has 2 aromatic carbocycles. The first-order valence-electron chi connectivity index (χ1n) is 5.51. The van der Waals surface area contributed by atoms with Gasteiger partial charge in [-0.3, -0.25) is 14.9 Å². The molecule has 0 fully saturated rings. The summed E-state index contributed by atoms with van der Waals surface area (Å²) < 4.78 is 0.840. The average Bonchev–Trinajstić information content (AvgIpc) is 2.41. The van der Waals surface area contributed by atoms with Gasteiger partial charge in [0.15, 0.2) is 0 Å². The van der Waals surface area contributed by atoms with Gasteiger partial charge in [-0.15, -0.1) is 0 Å². The lowest BCUT2D eigenvalue weighted by atomic mass is 10.2. The van der Waals surface area contributed by atoms with E-state index in [1.807, 2.05) is 0 Å². The van der Waals surface area contributed by atoms with Crippen LogP contribution < -0.4 is 5.32 Å². The normalized spacial score (nSPS) is 10.1. The van der Waals surface area contributed by atoms with E-state index < -0.39 is 10.8 Å². The second-order valence-electron chi connectivity index (χ2n) is 3.92. The smallest absolute Gasteiger partial charge is 0.273 e. The highest BCUT2D eigenvalue weighted by atomic mass is 79.9. The number of aromatic hydroxyl groups is 1. The second-order valence-corrected chi connectivity index (χ2v) is 4.84. The van der Waals surface area contributed by atoms with Crippen molar-refractivity contribution >= 4 is 33.2 Å². The fourth-order valence-electron chi connectivity index (χ4n) is 1.54. The highest BCUT2D eigenvalue weighted by Crippen LogP contribution is 2.28. The molecule has 0 aromatic heterocycles. The molecule has 7 heteroatoms. The molecule has 6 nitrogen and oxygen atoms in total. The Morgan fingerprint density at radius 2 is 1.85 bits per heavy atom. The summed E-state index contributed by atoms with van der Waals surface area (Å²) in [4.78, 5) is 21.8. The van der Waals surface area contributed by atoms with E-state index in [-0.39, 0.29) is 17.1 Å². The fourth-order valence-corrected chi connectivity index (χ4v) is 1.80. The zero-order valence-corrected chi connectivity index (χ0v) is 11.6. The van der Waals surface area contributed by atoms with E-state index in [1.54, 1.807) is 24.3 Å². The first kappa shape index (κ1) is 14.0. The van der Waals surface area contributed by atoms with Crippen molar-refractivity contribution in [1.29, 1.82) is 0 Å². The third kappa shape index (κ3) is 3.12. The monoisotopic (exact) mass is 336 g/mol. The van der Waals surface area contributed by atoms with Crippen molar-refractivity contribution in [2.45, 2.75) is 0 Å². The lowest BCUT2D eigenvalue weighted by Crippen LogP contribution is -2.11. The number of anilines is 1. The Balaban J connectivity index is 2.19. The van der Waals surface area contributed by atoms with Gasteiger partial charge in [0.25, 0.3) is 11.6 Å². The third-order valence-electron chi connectivity index (χ3n) is 2.55. The summed E-state index contributed by atoms with van der Waals surface area (Å²) in [7, 11) is 0. The minimum Gasteiger partial charge on any atom is -0.506 e. The molecule has 0 bridgehead atoms. The minimum atomic E-state index is -0.625. The number of halogens is 1. The average molecular weight is 337 g/mol. The Hall–Kier alpha value is -2.41. The maximum Gasteiger partial charge on any atom is 0.273 e. The molecule has 0 saturated carbocycles. The Morgan fingerprint density at radius 1 is 1.20 bits per heavy atom. The van der Waals surface area contributed by atoms with Crippen LogP contribution >= 0.6 is 15.9 Å². The largest absolute Gasteiger partial charge is 0.506 e. The van der Waals surface area contributed by atoms with E-state index in [0.717, 1.165) is 10.5 Å². The highest BCUT2D eigenvalue weighted by molar-refractivity contribution is 9.10. The van der Waals surface area contributed by atoms with Crippen molar-refractivity contribution in [2.75, 3.05) is 5.32 Å². The molecular formula is C13H9BrN2O4. The number of nitro benzene ring substituents is 1. The van der Waals surface area contributed by atoms with Crippen LogP contribution in [0.4, 0.5) is 11.4 Å². The standard InChI is InChI=1S/C13H9BrN2O4/c14-9-3-1-8(2-4-9)13(18)15-11-6-5-10(16(19)20)7-12(11)17/h1-7,17H,(H,15,18). The van der Waals surface area contributed by atoms with Gasteiger partial charge in [0.1, 0.15) is 5.75 Å². The van der Waals surface area contributed by atoms with Crippen LogP contribution in [-0.2, 0) is 0 Å². The topological polar surface area (TPSA) is 92.5 Å². The summed E-state index contributed by atoms with van der Waals surface area (Å²) in [6.07, 6.45) is 0. The van der Waals surface area contributed by atoms with Crippen molar-refractivity contribution < 1.29 is 14.8 Å². The lowest BCUT2D eigenvalue weighted by molar-refractivity contribution is -0.384. The number of nitro groups is 1. The Labute approximate surface area is 122 Å². The van der Waals surface area contributed by atoms with Gasteiger partial charge in [0.05, 0.1) is 16.7 Å². The number of rotatable bonds is 3. The SMILES string of the molecule is O=C(Nc1ccc([N+](=O)[O-])cc1O)c1ccc(Br)cc1. The summed E-state index contributed by atoms with van der Waals surface area (Å²) in [5.74, 6) is -0.772. The van der Waals surface area contributed by atoms with Crippen LogP contribution in [-0.4, -0.2) is 15.9 Å². The third-order valence-corrected chi connectivity index (χ3v) is 3.08. The van der Waals surface area contributed by atoms with Crippen LogP contribution in [0.25, 0.3) is 0 Å². The summed E-state index contributed by atoms with van der Waals surface area (Å²) >= 11 is 3.26. The number of hydrogen-bond acceptors (Lipinski definition) is 4. The van der Waals surface area contributed by atoms with E-state index in [4.69, 9.17) is 0 Å². The highest BCUT2D eigenvalue weighted by Gasteiger charge is 2.13. The molecule has 0 aliphatic heterocycles. The predicted molar refractivity (Wildman–Crippen MR) is 76.9 cm³/mol. The summed E-state index contributed by atoms with van der Waals surface area (Å²) in [6, 6.07) is 10.1. The maximum atomic E-state index is 11.9. The van der Waals surface area contributed by atoms with E-state index in [9.17, 15) is 20.0 Å². The fraction of sp³-hybridized carbons (Fsp3) is 0. The Morgan fingerprint density at radius 3 is 2.40 bits per heavy atom. The van der Waals surface area contributed by atoms with Gasteiger partial charge >= 0.3 is 0 Å². The number of phenolic OH excluding ortho intramolecular Hbond substituents is 1. The van der Waals surface area contributed by atoms with Crippen LogP contribution in [0.3, 0.4) is 0 Å². The number of benzene rings is 2. The number of amides is 1. The number of nitrogens with zero attached hydrogens (tertiary/aromatic N) is 1.